The highest BCUT2D eigenvalue weighted by Crippen LogP contribution is 2.12. The first-order valence-electron chi connectivity index (χ1n) is 16.9. The number of hydrogen-bond acceptors (Lipinski definition) is 6. The Labute approximate surface area is 251 Å². The number of Topliss-reactive ketones (excluding diaryl/α,β-unsaturated/α-hetero) is 3. The molecule has 0 radical (unpaired) electrons. The van der Waals surface area contributed by atoms with Crippen LogP contribution in [0.4, 0.5) is 0 Å². The maximum atomic E-state index is 12.7. The molecule has 0 aromatic heterocycles. The first-order valence-corrected chi connectivity index (χ1v) is 16.9. The Bertz CT molecular complexity index is 561. The van der Waals surface area contributed by atoms with E-state index < -0.39 is 5.09 Å². The van der Waals surface area contributed by atoms with E-state index in [9.17, 15) is 14.4 Å². The van der Waals surface area contributed by atoms with Crippen molar-refractivity contribution >= 4 is 17.3 Å². The molecule has 0 aromatic carbocycles. The SMILES string of the molecule is CCCCCCCCCC(=O)CN(CC(=O)CCCCCCCCC)CC(=O)CCCCCCCCC.O=[N+]([O-])O. The van der Waals surface area contributed by atoms with Gasteiger partial charge in [-0.3, -0.25) is 19.3 Å². The minimum atomic E-state index is -1.50. The minimum Gasteiger partial charge on any atom is -0.328 e. The van der Waals surface area contributed by atoms with E-state index in [2.05, 4.69) is 20.8 Å². The van der Waals surface area contributed by atoms with Crippen molar-refractivity contribution in [1.29, 1.82) is 0 Å². The number of nitrogens with zero attached hydrogens (tertiary/aromatic N) is 2. The van der Waals surface area contributed by atoms with Gasteiger partial charge in [0.25, 0.3) is 5.09 Å². The van der Waals surface area contributed by atoms with Crippen molar-refractivity contribution in [3.05, 3.63) is 10.1 Å². The average molecular weight is 585 g/mol. The molecule has 0 atom stereocenters. The third kappa shape index (κ3) is 36.1. The van der Waals surface area contributed by atoms with Crippen LogP contribution in [-0.4, -0.2) is 52.2 Å². The van der Waals surface area contributed by atoms with Gasteiger partial charge in [0.1, 0.15) is 17.3 Å². The molecule has 41 heavy (non-hydrogen) atoms. The molecule has 0 saturated heterocycles. The Hall–Kier alpha value is -1.83. The number of unbranched alkanes of at least 4 members (excludes halogenated alkanes) is 18. The Kier molecular flexibility index (Phi) is 32.9. The molecule has 0 amide bonds. The van der Waals surface area contributed by atoms with Gasteiger partial charge in [0.15, 0.2) is 0 Å². The van der Waals surface area contributed by atoms with Gasteiger partial charge in [0, 0.05) is 19.3 Å². The molecule has 0 aliphatic carbocycles. The summed E-state index contributed by atoms with van der Waals surface area (Å²) in [5, 5.41) is 13.6. The number of hydrogen-bond donors (Lipinski definition) is 1. The Morgan fingerprint density at radius 2 is 0.683 bits per heavy atom. The van der Waals surface area contributed by atoms with Crippen LogP contribution >= 0.6 is 0 Å². The molecule has 0 fully saturated rings. The smallest absolute Gasteiger partial charge is 0.291 e. The highest BCUT2D eigenvalue weighted by Gasteiger charge is 2.17. The number of rotatable bonds is 30. The van der Waals surface area contributed by atoms with Gasteiger partial charge in [-0.05, 0) is 19.3 Å². The normalized spacial score (nSPS) is 10.8. The largest absolute Gasteiger partial charge is 0.328 e. The second-order valence-electron chi connectivity index (χ2n) is 11.6. The van der Waals surface area contributed by atoms with E-state index in [0.29, 0.717) is 19.3 Å². The van der Waals surface area contributed by atoms with Crippen molar-refractivity contribution in [2.24, 2.45) is 0 Å². The molecule has 0 aliphatic rings. The van der Waals surface area contributed by atoms with Crippen LogP contribution in [0.25, 0.3) is 0 Å². The molecule has 0 spiro atoms. The second kappa shape index (κ2) is 32.7. The van der Waals surface area contributed by atoms with Crippen LogP contribution in [0.2, 0.25) is 0 Å². The molecule has 242 valence electrons. The molecule has 0 saturated carbocycles. The van der Waals surface area contributed by atoms with Crippen molar-refractivity contribution in [1.82, 2.24) is 4.90 Å². The summed E-state index contributed by atoms with van der Waals surface area (Å²) in [6.07, 6.45) is 26.7. The average Bonchev–Trinajstić information content (AvgIpc) is 2.91. The van der Waals surface area contributed by atoms with Crippen LogP contribution < -0.4 is 0 Å². The zero-order chi connectivity index (χ0) is 31.0. The van der Waals surface area contributed by atoms with Crippen LogP contribution in [0.1, 0.15) is 175 Å². The van der Waals surface area contributed by atoms with Crippen LogP contribution in [0, 0.1) is 10.1 Å². The quantitative estimate of drug-likeness (QED) is 0.0508. The van der Waals surface area contributed by atoms with Gasteiger partial charge in [-0.2, -0.15) is 0 Å². The van der Waals surface area contributed by atoms with Crippen molar-refractivity contribution in [3.63, 3.8) is 0 Å². The summed E-state index contributed by atoms with van der Waals surface area (Å²) >= 11 is 0. The van der Waals surface area contributed by atoms with E-state index in [1.54, 1.807) is 0 Å². The third-order valence-corrected chi connectivity index (χ3v) is 7.38. The van der Waals surface area contributed by atoms with Gasteiger partial charge in [0.2, 0.25) is 0 Å². The molecule has 8 heteroatoms. The van der Waals surface area contributed by atoms with E-state index >= 15 is 0 Å². The molecular weight excluding hydrogens is 520 g/mol. The Balaban J connectivity index is 0. The van der Waals surface area contributed by atoms with Gasteiger partial charge < -0.3 is 5.21 Å². The van der Waals surface area contributed by atoms with Crippen LogP contribution in [0.15, 0.2) is 0 Å². The maximum absolute atomic E-state index is 12.7. The van der Waals surface area contributed by atoms with Crippen LogP contribution in [0.5, 0.6) is 0 Å². The summed E-state index contributed by atoms with van der Waals surface area (Å²) in [5.41, 5.74) is 0. The first kappa shape index (κ1) is 41.3. The number of carbonyl (C=O) groups is 3. The maximum Gasteiger partial charge on any atom is 0.291 e. The van der Waals surface area contributed by atoms with Gasteiger partial charge in [-0.25, -0.2) is 0 Å². The molecule has 0 unspecified atom stereocenters. The summed E-state index contributed by atoms with van der Waals surface area (Å²) in [7, 11) is 0. The molecule has 0 aliphatic heterocycles. The molecule has 0 rings (SSSR count). The van der Waals surface area contributed by atoms with E-state index in [0.717, 1.165) is 38.5 Å². The summed E-state index contributed by atoms with van der Waals surface area (Å²) in [6.45, 7) is 7.43. The minimum absolute atomic E-state index is 0.181. The molecule has 0 heterocycles. The fourth-order valence-corrected chi connectivity index (χ4v) is 4.99. The standard InChI is InChI=1S/C33H63NO3.HNO3/c1-4-7-10-13-16-19-22-25-31(35)28-34(29-32(36)26-23-20-17-14-11-8-5-2)30-33(37)27-24-21-18-15-12-9-6-3;2-1(3)4/h4-30H2,1-3H3;(H,2,3,4). The highest BCUT2D eigenvalue weighted by molar-refractivity contribution is 5.86. The number of ketones is 3. The summed E-state index contributed by atoms with van der Waals surface area (Å²) in [6, 6.07) is 0. The van der Waals surface area contributed by atoms with E-state index in [1.165, 1.54) is 96.3 Å². The molecular formula is C33H64N2O6. The molecule has 0 aromatic rings. The lowest BCUT2D eigenvalue weighted by Gasteiger charge is -2.20. The third-order valence-electron chi connectivity index (χ3n) is 7.38. The summed E-state index contributed by atoms with van der Waals surface area (Å²) in [4.78, 5) is 48.2. The topological polar surface area (TPSA) is 118 Å². The van der Waals surface area contributed by atoms with Gasteiger partial charge in [-0.1, -0.05) is 136 Å². The summed E-state index contributed by atoms with van der Waals surface area (Å²) < 4.78 is 0. The van der Waals surface area contributed by atoms with E-state index in [4.69, 9.17) is 15.3 Å². The predicted octanol–water partition coefficient (Wildman–Crippen LogP) is 9.07. The van der Waals surface area contributed by atoms with Gasteiger partial charge in [0.05, 0.1) is 19.6 Å². The van der Waals surface area contributed by atoms with Crippen LogP contribution in [0.3, 0.4) is 0 Å². The predicted molar refractivity (Wildman–Crippen MR) is 168 cm³/mol. The molecule has 0 bridgehead atoms. The Morgan fingerprint density at radius 1 is 0.488 bits per heavy atom. The zero-order valence-electron chi connectivity index (χ0n) is 27.0. The van der Waals surface area contributed by atoms with E-state index in [1.807, 2.05) is 4.90 Å². The van der Waals surface area contributed by atoms with Crippen molar-refractivity contribution in [2.45, 2.75) is 175 Å². The highest BCUT2D eigenvalue weighted by atomic mass is 16.9. The van der Waals surface area contributed by atoms with Gasteiger partial charge >= 0.3 is 0 Å². The lowest BCUT2D eigenvalue weighted by atomic mass is 10.0. The Morgan fingerprint density at radius 3 is 0.902 bits per heavy atom. The first-order chi connectivity index (χ1) is 19.8. The second-order valence-corrected chi connectivity index (χ2v) is 11.6. The zero-order valence-corrected chi connectivity index (χ0v) is 27.0. The summed E-state index contributed by atoms with van der Waals surface area (Å²) in [5.74, 6) is 0.544. The van der Waals surface area contributed by atoms with Crippen molar-refractivity contribution in [3.8, 4) is 0 Å². The van der Waals surface area contributed by atoms with Crippen molar-refractivity contribution in [2.75, 3.05) is 19.6 Å². The molecule has 1 N–H and O–H groups in total. The fraction of sp³-hybridized carbons (Fsp3) is 0.909. The lowest BCUT2D eigenvalue weighted by molar-refractivity contribution is -0.742. The van der Waals surface area contributed by atoms with E-state index in [-0.39, 0.29) is 37.0 Å². The fourth-order valence-electron chi connectivity index (χ4n) is 4.99. The lowest BCUT2D eigenvalue weighted by Crippen LogP contribution is -2.38. The molecule has 8 nitrogen and oxygen atoms in total. The number of carbonyl (C=O) groups excluding carboxylic acids is 3. The van der Waals surface area contributed by atoms with Gasteiger partial charge in [-0.15, -0.1) is 10.1 Å². The van der Waals surface area contributed by atoms with Crippen molar-refractivity contribution < 1.29 is 24.7 Å². The van der Waals surface area contributed by atoms with Crippen LogP contribution in [-0.2, 0) is 14.4 Å². The monoisotopic (exact) mass is 584 g/mol.